The fourth-order valence-corrected chi connectivity index (χ4v) is 4.05. The summed E-state index contributed by atoms with van der Waals surface area (Å²) >= 11 is 0. The van der Waals surface area contributed by atoms with Gasteiger partial charge in [-0.05, 0) is 56.7 Å². The van der Waals surface area contributed by atoms with Crippen molar-refractivity contribution in [2.45, 2.75) is 32.5 Å². The molecule has 6 nitrogen and oxygen atoms in total. The largest absolute Gasteiger partial charge is 0.470 e. The first-order chi connectivity index (χ1) is 16.3. The monoisotopic (exact) mass is 476 g/mol. The van der Waals surface area contributed by atoms with E-state index in [0.717, 1.165) is 38.5 Å². The van der Waals surface area contributed by atoms with Crippen LogP contribution in [0.2, 0.25) is 0 Å². The van der Waals surface area contributed by atoms with E-state index < -0.39 is 23.8 Å². The molecule has 1 aromatic heterocycles. The van der Waals surface area contributed by atoms with E-state index >= 15 is 0 Å². The van der Waals surface area contributed by atoms with Gasteiger partial charge in [0.25, 0.3) is 0 Å². The summed E-state index contributed by atoms with van der Waals surface area (Å²) in [5.41, 5.74) is 0.900. The van der Waals surface area contributed by atoms with Crippen LogP contribution in [-0.2, 0) is 17.5 Å². The lowest BCUT2D eigenvalue weighted by molar-refractivity contribution is -0.157. The smallest absolute Gasteiger partial charge is 0.413 e. The first-order valence-electron chi connectivity index (χ1n) is 11.0. The molecule has 0 bridgehead atoms. The van der Waals surface area contributed by atoms with E-state index in [4.69, 9.17) is 0 Å². The van der Waals surface area contributed by atoms with E-state index in [2.05, 4.69) is 26.4 Å². The number of para-hydroxylation sites is 1. The molecule has 34 heavy (non-hydrogen) atoms. The van der Waals surface area contributed by atoms with Crippen LogP contribution in [0.5, 0.6) is 0 Å². The molecule has 0 saturated carbocycles. The zero-order chi connectivity index (χ0) is 24.3. The number of benzene rings is 2. The molecule has 0 aliphatic carbocycles. The molecule has 2 heterocycles. The van der Waals surface area contributed by atoms with Crippen molar-refractivity contribution in [3.05, 3.63) is 65.8 Å². The first kappa shape index (κ1) is 23.9. The van der Waals surface area contributed by atoms with Crippen molar-refractivity contribution in [3.63, 3.8) is 0 Å². The van der Waals surface area contributed by atoms with Gasteiger partial charge in [-0.2, -0.15) is 13.2 Å². The number of amides is 1. The Morgan fingerprint density at radius 2 is 1.82 bits per heavy atom. The lowest BCUT2D eigenvalue weighted by atomic mass is 9.94. The predicted molar refractivity (Wildman–Crippen MR) is 117 cm³/mol. The van der Waals surface area contributed by atoms with Crippen LogP contribution in [0.4, 0.5) is 23.2 Å². The normalized spacial score (nSPS) is 15.4. The maximum atomic E-state index is 15.0. The Labute approximate surface area is 194 Å². The Morgan fingerprint density at radius 1 is 1.12 bits per heavy atom. The molecule has 4 rings (SSSR count). The Hall–Kier alpha value is -3.27. The third-order valence-electron chi connectivity index (χ3n) is 6.01. The van der Waals surface area contributed by atoms with Crippen LogP contribution < -0.4 is 4.90 Å². The second-order valence-corrected chi connectivity index (χ2v) is 8.18. The highest BCUT2D eigenvalue weighted by molar-refractivity contribution is 5.95. The van der Waals surface area contributed by atoms with Crippen LogP contribution >= 0.6 is 0 Å². The number of alkyl halides is 3. The minimum absolute atomic E-state index is 0.0133. The van der Waals surface area contributed by atoms with Crippen LogP contribution in [0.15, 0.2) is 52.9 Å². The zero-order valence-corrected chi connectivity index (χ0v) is 18.6. The molecule has 10 heteroatoms. The summed E-state index contributed by atoms with van der Waals surface area (Å²) in [7, 11) is 0. The van der Waals surface area contributed by atoms with E-state index in [0.29, 0.717) is 5.69 Å². The van der Waals surface area contributed by atoms with E-state index in [1.807, 2.05) is 18.2 Å². The minimum Gasteiger partial charge on any atom is -0.413 e. The molecule has 0 N–H and O–H groups in total. The number of carbonyl (C=O) groups is 1. The molecular weight excluding hydrogens is 452 g/mol. The van der Waals surface area contributed by atoms with Crippen LogP contribution in [0, 0.1) is 11.7 Å². The Kier molecular flexibility index (Phi) is 6.97. The van der Waals surface area contributed by atoms with Gasteiger partial charge in [-0.25, -0.2) is 4.39 Å². The van der Waals surface area contributed by atoms with Crippen molar-refractivity contribution < 1.29 is 26.8 Å². The fraction of sp³-hybridized carbons (Fsp3) is 0.375. The third-order valence-corrected chi connectivity index (χ3v) is 6.01. The van der Waals surface area contributed by atoms with Gasteiger partial charge in [0.2, 0.25) is 11.8 Å². The highest BCUT2D eigenvalue weighted by Crippen LogP contribution is 2.31. The van der Waals surface area contributed by atoms with Gasteiger partial charge in [-0.1, -0.05) is 31.2 Å². The van der Waals surface area contributed by atoms with Gasteiger partial charge in [0.15, 0.2) is 0 Å². The van der Waals surface area contributed by atoms with E-state index in [1.165, 1.54) is 12.1 Å². The predicted octanol–water partition coefficient (Wildman–Crippen LogP) is 5.16. The van der Waals surface area contributed by atoms with Crippen LogP contribution in [0.3, 0.4) is 0 Å². The number of likely N-dealkylation sites (tertiary alicyclic amines) is 1. The molecule has 1 aliphatic heterocycles. The summed E-state index contributed by atoms with van der Waals surface area (Å²) < 4.78 is 57.8. The average Bonchev–Trinajstić information content (AvgIpc) is 3.35. The van der Waals surface area contributed by atoms with E-state index in [-0.39, 0.29) is 29.5 Å². The number of nitrogens with zero attached hydrogens (tertiary/aromatic N) is 4. The van der Waals surface area contributed by atoms with Crippen LogP contribution in [0.1, 0.15) is 31.2 Å². The standard InChI is InChI=1S/C24H24F4N4O2/c1-2-31-12-10-16(11-13-31)22(33)32(19-6-4-3-5-7-19)15-18-9-8-17(14-20(18)25)21-29-30-23(34-21)24(26,27)28/h3-9,14,16H,2,10-13,15H2,1H3. The molecule has 3 aromatic rings. The lowest BCUT2D eigenvalue weighted by Gasteiger charge is -2.34. The molecule has 2 aromatic carbocycles. The first-order valence-corrected chi connectivity index (χ1v) is 11.0. The van der Waals surface area contributed by atoms with Gasteiger partial charge in [0.05, 0.1) is 6.54 Å². The van der Waals surface area contributed by atoms with Crippen molar-refractivity contribution >= 4 is 11.6 Å². The number of carbonyl (C=O) groups excluding carboxylic acids is 1. The lowest BCUT2D eigenvalue weighted by Crippen LogP contribution is -2.42. The number of halogens is 4. The second kappa shape index (κ2) is 9.92. The zero-order valence-electron chi connectivity index (χ0n) is 18.6. The highest BCUT2D eigenvalue weighted by Gasteiger charge is 2.38. The molecule has 0 atom stereocenters. The minimum atomic E-state index is -4.78. The van der Waals surface area contributed by atoms with Crippen molar-refractivity contribution in [1.29, 1.82) is 0 Å². The number of hydrogen-bond acceptors (Lipinski definition) is 5. The molecule has 0 radical (unpaired) electrons. The van der Waals surface area contributed by atoms with Gasteiger partial charge < -0.3 is 14.2 Å². The Balaban J connectivity index is 1.57. The maximum Gasteiger partial charge on any atom is 0.470 e. The van der Waals surface area contributed by atoms with Crippen molar-refractivity contribution in [3.8, 4) is 11.5 Å². The quantitative estimate of drug-likeness (QED) is 0.460. The summed E-state index contributed by atoms with van der Waals surface area (Å²) in [5, 5.41) is 6.33. The maximum absolute atomic E-state index is 15.0. The van der Waals surface area contributed by atoms with Crippen LogP contribution in [-0.4, -0.2) is 40.6 Å². The van der Waals surface area contributed by atoms with Gasteiger partial charge >= 0.3 is 12.1 Å². The van der Waals surface area contributed by atoms with Gasteiger partial charge in [0.1, 0.15) is 5.82 Å². The summed E-state index contributed by atoms with van der Waals surface area (Å²) in [4.78, 5) is 17.3. The Morgan fingerprint density at radius 3 is 2.41 bits per heavy atom. The highest BCUT2D eigenvalue weighted by atomic mass is 19.4. The summed E-state index contributed by atoms with van der Waals surface area (Å²) in [6.45, 7) is 4.68. The second-order valence-electron chi connectivity index (χ2n) is 8.18. The third kappa shape index (κ3) is 5.27. The molecular formula is C24H24F4N4O2. The number of rotatable bonds is 6. The average molecular weight is 476 g/mol. The fourth-order valence-electron chi connectivity index (χ4n) is 4.05. The van der Waals surface area contributed by atoms with Crippen molar-refractivity contribution in [1.82, 2.24) is 15.1 Å². The number of anilines is 1. The van der Waals surface area contributed by atoms with Gasteiger partial charge in [-0.15, -0.1) is 10.2 Å². The molecule has 1 amide bonds. The molecule has 0 unspecified atom stereocenters. The van der Waals surface area contributed by atoms with Gasteiger partial charge in [0, 0.05) is 22.7 Å². The summed E-state index contributed by atoms with van der Waals surface area (Å²) in [5.74, 6) is -2.85. The van der Waals surface area contributed by atoms with Crippen molar-refractivity contribution in [2.75, 3.05) is 24.5 Å². The molecule has 1 fully saturated rings. The SMILES string of the molecule is CCN1CCC(C(=O)N(Cc2ccc(-c3nnc(C(F)(F)F)o3)cc2F)c2ccccc2)CC1. The molecule has 180 valence electrons. The topological polar surface area (TPSA) is 62.5 Å². The number of aromatic nitrogens is 2. The number of piperidine rings is 1. The summed E-state index contributed by atoms with van der Waals surface area (Å²) in [6, 6.07) is 12.9. The molecule has 0 spiro atoms. The van der Waals surface area contributed by atoms with Gasteiger partial charge in [-0.3, -0.25) is 4.79 Å². The van der Waals surface area contributed by atoms with E-state index in [1.54, 1.807) is 17.0 Å². The molecule has 1 aliphatic rings. The summed E-state index contributed by atoms with van der Waals surface area (Å²) in [6.07, 6.45) is -3.32. The van der Waals surface area contributed by atoms with Crippen molar-refractivity contribution in [2.24, 2.45) is 5.92 Å². The van der Waals surface area contributed by atoms with Crippen LogP contribution in [0.25, 0.3) is 11.5 Å². The van der Waals surface area contributed by atoms with E-state index in [9.17, 15) is 22.4 Å². The molecule has 1 saturated heterocycles. The Bertz CT molecular complexity index is 1130. The number of hydrogen-bond donors (Lipinski definition) is 0.